The van der Waals surface area contributed by atoms with Gasteiger partial charge in [0.1, 0.15) is 0 Å². The van der Waals surface area contributed by atoms with Crippen molar-refractivity contribution < 1.29 is 22.2 Å². The Morgan fingerprint density at radius 1 is 1.71 bits per heavy atom. The number of hydrogen-bond acceptors (Lipinski definition) is 1. The summed E-state index contributed by atoms with van der Waals surface area (Å²) in [6.07, 6.45) is 2.88. The van der Waals surface area contributed by atoms with Gasteiger partial charge in [0.25, 0.3) is 0 Å². The predicted octanol–water partition coefficient (Wildman–Crippen LogP) is 1.25. The maximum atomic E-state index is 10.2. The summed E-state index contributed by atoms with van der Waals surface area (Å²) in [5, 5.41) is 0. The first-order valence-corrected chi connectivity index (χ1v) is 3.19. The average Bonchev–Trinajstić information content (AvgIpc) is 1.61. The number of unbranched alkanes of at least 4 members (excludes halogenated alkanes) is 1. The Morgan fingerprint density at radius 3 is 2.43 bits per heavy atom. The molecule has 0 amide bonds. The van der Waals surface area contributed by atoms with Gasteiger partial charge in [-0.2, -0.15) is 0 Å². The van der Waals surface area contributed by atoms with Gasteiger partial charge >= 0.3 is 52.9 Å². The van der Waals surface area contributed by atoms with Gasteiger partial charge in [-0.05, 0) is 0 Å². The van der Waals surface area contributed by atoms with Crippen molar-refractivity contribution in [3.05, 3.63) is 0 Å². The summed E-state index contributed by atoms with van der Waals surface area (Å²) in [5.74, 6) is 0. The maximum absolute atomic E-state index is 10.2. The first-order chi connectivity index (χ1) is 3.27. The van der Waals surface area contributed by atoms with Crippen molar-refractivity contribution in [2.45, 2.75) is 26.2 Å². The van der Waals surface area contributed by atoms with Crippen LogP contribution in [-0.2, 0) is 22.2 Å². The van der Waals surface area contributed by atoms with Gasteiger partial charge < -0.3 is 0 Å². The van der Waals surface area contributed by atoms with Gasteiger partial charge in [0.05, 0.1) is 0 Å². The second-order valence-corrected chi connectivity index (χ2v) is 2.28. The van der Waals surface area contributed by atoms with E-state index in [9.17, 15) is 4.79 Å². The van der Waals surface area contributed by atoms with Crippen molar-refractivity contribution in [2.24, 2.45) is 0 Å². The zero-order chi connectivity index (χ0) is 5.70. The van der Waals surface area contributed by atoms with Crippen LogP contribution < -0.4 is 0 Å². The summed E-state index contributed by atoms with van der Waals surface area (Å²) in [7, 11) is 0. The summed E-state index contributed by atoms with van der Waals surface area (Å²) in [5.41, 5.74) is 0. The molecule has 0 atom stereocenters. The Labute approximate surface area is 53.4 Å². The number of carbonyl (C=O) groups excluding carboxylic acids is 1. The van der Waals surface area contributed by atoms with Crippen molar-refractivity contribution in [3.63, 3.8) is 0 Å². The van der Waals surface area contributed by atoms with E-state index in [1.807, 2.05) is 17.4 Å². The van der Waals surface area contributed by atoms with Gasteiger partial charge in [0.2, 0.25) is 0 Å². The van der Waals surface area contributed by atoms with E-state index in [1.54, 1.807) is 0 Å². The third-order valence-electron chi connectivity index (χ3n) is 0.744. The van der Waals surface area contributed by atoms with E-state index >= 15 is 0 Å². The van der Waals surface area contributed by atoms with Crippen molar-refractivity contribution in [1.29, 1.82) is 0 Å². The molecule has 0 aromatic heterocycles. The first kappa shape index (κ1) is 7.25. The number of hydrogen-bond donors (Lipinski definition) is 0. The van der Waals surface area contributed by atoms with Gasteiger partial charge in [0, 0.05) is 0 Å². The summed E-state index contributed by atoms with van der Waals surface area (Å²) in [6, 6.07) is 0. The molecule has 0 aromatic rings. The molecule has 0 fully saturated rings. The van der Waals surface area contributed by atoms with E-state index in [1.165, 1.54) is 0 Å². The Balaban J connectivity index is 2.82. The number of carbonyl (C=O) groups is 1. The molecule has 0 bridgehead atoms. The van der Waals surface area contributed by atoms with E-state index in [-0.39, 0.29) is 4.49 Å². The standard InChI is InChI=1S/C5H9O.V/c1-2-3-4-5-6;/h2-4H2,1H3;. The topological polar surface area (TPSA) is 17.1 Å². The molecule has 0 radical (unpaired) electrons. The first-order valence-electron chi connectivity index (χ1n) is 2.49. The molecule has 0 N–H and O–H groups in total. The molecular formula is C5H9OV. The minimum absolute atomic E-state index is 0.245. The Kier molecular flexibility index (Phi) is 4.57. The molecule has 0 aliphatic rings. The van der Waals surface area contributed by atoms with Gasteiger partial charge in [-0.3, -0.25) is 0 Å². The molecule has 0 aromatic carbocycles. The van der Waals surface area contributed by atoms with Crippen LogP contribution in [0.5, 0.6) is 0 Å². The van der Waals surface area contributed by atoms with Crippen LogP contribution in [0.1, 0.15) is 26.2 Å². The second-order valence-electron chi connectivity index (χ2n) is 1.50. The van der Waals surface area contributed by atoms with Crippen LogP contribution in [0.3, 0.4) is 0 Å². The normalized spacial score (nSPS) is 8.71. The third-order valence-corrected chi connectivity index (χ3v) is 1.09. The molecule has 0 spiro atoms. The summed E-state index contributed by atoms with van der Waals surface area (Å²) < 4.78 is 0.245. The van der Waals surface area contributed by atoms with E-state index in [4.69, 9.17) is 0 Å². The van der Waals surface area contributed by atoms with Gasteiger partial charge in [-0.15, -0.1) is 0 Å². The third kappa shape index (κ3) is 6.25. The summed E-state index contributed by atoms with van der Waals surface area (Å²) in [6.45, 7) is 2.08. The number of rotatable bonds is 3. The molecule has 0 saturated heterocycles. The second kappa shape index (κ2) is 4.41. The minimum atomic E-state index is 0.245. The van der Waals surface area contributed by atoms with E-state index < -0.39 is 0 Å². The van der Waals surface area contributed by atoms with Crippen LogP contribution >= 0.6 is 0 Å². The molecule has 0 saturated carbocycles. The molecule has 2 heteroatoms. The van der Waals surface area contributed by atoms with Gasteiger partial charge in [-0.25, -0.2) is 0 Å². The van der Waals surface area contributed by atoms with Crippen molar-refractivity contribution in [1.82, 2.24) is 0 Å². The van der Waals surface area contributed by atoms with Gasteiger partial charge in [0.15, 0.2) is 0 Å². The predicted molar refractivity (Wildman–Crippen MR) is 24.5 cm³/mol. The van der Waals surface area contributed by atoms with Gasteiger partial charge in [-0.1, -0.05) is 0 Å². The van der Waals surface area contributed by atoms with Crippen molar-refractivity contribution in [3.8, 4) is 0 Å². The van der Waals surface area contributed by atoms with Crippen molar-refractivity contribution >= 4 is 4.49 Å². The fourth-order valence-electron chi connectivity index (χ4n) is 0.328. The van der Waals surface area contributed by atoms with Crippen molar-refractivity contribution in [2.75, 3.05) is 0 Å². The molecule has 0 rings (SSSR count). The summed E-state index contributed by atoms with van der Waals surface area (Å²) in [4.78, 5) is 10.2. The Hall–Kier alpha value is 0.254. The fraction of sp³-hybridized carbons (Fsp3) is 0.800. The summed E-state index contributed by atoms with van der Waals surface area (Å²) >= 11 is 2.04. The molecule has 0 heterocycles. The fourth-order valence-corrected chi connectivity index (χ4v) is 0.575. The Bertz CT molecular complexity index is 61.1. The zero-order valence-electron chi connectivity index (χ0n) is 4.48. The van der Waals surface area contributed by atoms with Crippen LogP contribution in [0.15, 0.2) is 0 Å². The van der Waals surface area contributed by atoms with E-state index in [2.05, 4.69) is 6.92 Å². The van der Waals surface area contributed by atoms with E-state index in [0.29, 0.717) is 0 Å². The van der Waals surface area contributed by atoms with Crippen LogP contribution in [0.2, 0.25) is 0 Å². The van der Waals surface area contributed by atoms with Crippen LogP contribution in [0.4, 0.5) is 0 Å². The molecule has 0 aliphatic heterocycles. The molecule has 1 nitrogen and oxygen atoms in total. The molecule has 0 unspecified atom stereocenters. The monoisotopic (exact) mass is 136 g/mol. The SMILES string of the molecule is CCCC[C](=O)[V]. The quantitative estimate of drug-likeness (QED) is 0.570. The molecular weight excluding hydrogens is 127 g/mol. The molecule has 40 valence electrons. The molecule has 0 aliphatic carbocycles. The molecule has 7 heavy (non-hydrogen) atoms. The average molecular weight is 136 g/mol. The van der Waals surface area contributed by atoms with E-state index in [0.717, 1.165) is 19.3 Å². The zero-order valence-corrected chi connectivity index (χ0v) is 5.87. The van der Waals surface area contributed by atoms with Crippen LogP contribution in [0, 0.1) is 0 Å². The van der Waals surface area contributed by atoms with Crippen LogP contribution in [0.25, 0.3) is 0 Å². The van der Waals surface area contributed by atoms with Crippen LogP contribution in [-0.4, -0.2) is 4.49 Å². The Morgan fingerprint density at radius 2 is 2.29 bits per heavy atom.